The zero-order valence-electron chi connectivity index (χ0n) is 43.5. The number of carboxylic acids is 4. The Morgan fingerprint density at radius 1 is 0.765 bits per heavy atom. The Labute approximate surface area is 493 Å². The van der Waals surface area contributed by atoms with E-state index in [1.54, 1.807) is 6.08 Å². The minimum Gasteiger partial charge on any atom is -0.478 e. The van der Waals surface area contributed by atoms with Crippen LogP contribution in [0, 0.1) is 0 Å². The van der Waals surface area contributed by atoms with Gasteiger partial charge in [0, 0.05) is 47.1 Å². The van der Waals surface area contributed by atoms with Gasteiger partial charge in [-0.05, 0) is 45.8 Å². The van der Waals surface area contributed by atoms with Crippen LogP contribution >= 0.6 is 82.8 Å². The SMILES string of the molecule is CC(=O)OCC1=C(C(=O)O)N2C(=O)C(NC(=O)/C(=N\OC(C)(C)C(=O)O)c3csc(N)n3)[C@@H]2SC1.CCCCN1C(SCC2=C(C(=O)O)N3C(=O)C(NC(=O)/C(=N\OC(C)(C)C(=O)O)c4csc(N)n4)[C@@H]3SC2)=NC(N)=CC1N.Cl.Cl. The van der Waals surface area contributed by atoms with Gasteiger partial charge in [0.25, 0.3) is 23.6 Å². The predicted octanol–water partition coefficient (Wildman–Crippen LogP) is 0.792. The third kappa shape index (κ3) is 15.4. The molecule has 5 aliphatic rings. The average Bonchev–Trinajstić information content (AvgIpc) is 4.10. The number of thioether (sulfide) groups is 3. The van der Waals surface area contributed by atoms with Crippen LogP contribution in [0.5, 0.6) is 0 Å². The number of nitrogens with one attached hydrogen (secondary N) is 2. The highest BCUT2D eigenvalue weighted by atomic mass is 35.5. The van der Waals surface area contributed by atoms with Gasteiger partial charge >= 0.3 is 29.8 Å². The summed E-state index contributed by atoms with van der Waals surface area (Å²) in [6, 6.07) is -2.19. The van der Waals surface area contributed by atoms with E-state index in [-0.39, 0.29) is 93.1 Å². The molecule has 4 amide bonds. The van der Waals surface area contributed by atoms with Gasteiger partial charge in [0.15, 0.2) is 26.9 Å². The van der Waals surface area contributed by atoms with Gasteiger partial charge in [-0.3, -0.25) is 33.8 Å². The van der Waals surface area contributed by atoms with Crippen LogP contribution < -0.4 is 33.6 Å². The number of nitrogens with two attached hydrogens (primary N) is 4. The molecule has 81 heavy (non-hydrogen) atoms. The van der Waals surface area contributed by atoms with Gasteiger partial charge in [-0.25, -0.2) is 34.1 Å². The normalized spacial score (nSPS) is 20.7. The van der Waals surface area contributed by atoms with Gasteiger partial charge in [-0.1, -0.05) is 35.4 Å². The van der Waals surface area contributed by atoms with E-state index in [9.17, 15) is 63.6 Å². The molecule has 0 radical (unpaired) electrons. The number of amidine groups is 1. The van der Waals surface area contributed by atoms with Gasteiger partial charge in [0.1, 0.15) is 64.2 Å². The molecule has 14 N–H and O–H groups in total. The van der Waals surface area contributed by atoms with Crippen LogP contribution in [0.1, 0.15) is 65.8 Å². The number of β-lactam (4-membered cyclic amide) rings is 2. The number of oxime groups is 2. The number of ether oxygens (including phenoxy) is 1. The molecule has 2 aromatic rings. The Morgan fingerprint density at radius 3 is 1.60 bits per heavy atom. The molecule has 7 heterocycles. The van der Waals surface area contributed by atoms with Gasteiger partial charge < -0.3 is 73.3 Å². The minimum atomic E-state index is -1.77. The van der Waals surface area contributed by atoms with Crippen molar-refractivity contribution in [1.29, 1.82) is 0 Å². The van der Waals surface area contributed by atoms with E-state index in [1.165, 1.54) is 80.7 Å². The first-order valence-corrected chi connectivity index (χ1v) is 28.1. The number of anilines is 2. The zero-order valence-corrected chi connectivity index (χ0v) is 49.2. The van der Waals surface area contributed by atoms with Crippen molar-refractivity contribution in [3.05, 3.63) is 56.6 Å². The highest BCUT2D eigenvalue weighted by Gasteiger charge is 2.56. The van der Waals surface area contributed by atoms with Crippen molar-refractivity contribution in [2.24, 2.45) is 26.8 Å². The molecule has 0 spiro atoms. The van der Waals surface area contributed by atoms with Crippen molar-refractivity contribution >= 4 is 163 Å². The maximum absolute atomic E-state index is 13.3. The molecule has 5 atom stereocenters. The Balaban J connectivity index is 0.000000349. The molecule has 0 aromatic carbocycles. The van der Waals surface area contributed by atoms with Gasteiger partial charge in [0.2, 0.25) is 11.2 Å². The van der Waals surface area contributed by atoms with Crippen molar-refractivity contribution in [1.82, 2.24) is 35.3 Å². The topological polar surface area (TPSA) is 463 Å². The number of carbonyl (C=O) groups excluding carboxylic acids is 5. The van der Waals surface area contributed by atoms with Crippen molar-refractivity contribution in [2.75, 3.05) is 41.9 Å². The molecule has 2 aromatic heterocycles. The first kappa shape index (κ1) is 66.6. The maximum Gasteiger partial charge on any atom is 0.352 e. The smallest absolute Gasteiger partial charge is 0.352 e. The summed E-state index contributed by atoms with van der Waals surface area (Å²) in [7, 11) is 0. The highest BCUT2D eigenvalue weighted by molar-refractivity contribution is 8.14. The number of hydrogen-bond donors (Lipinski definition) is 10. The molecule has 0 saturated carbocycles. The number of nitrogens with zero attached hydrogens (tertiary/aromatic N) is 8. The molecule has 2 fully saturated rings. The molecule has 30 nitrogen and oxygen atoms in total. The Bertz CT molecular complexity index is 3040. The van der Waals surface area contributed by atoms with Crippen molar-refractivity contribution in [3.8, 4) is 0 Å². The number of thiazole rings is 2. The fourth-order valence-corrected chi connectivity index (χ4v) is 12.2. The summed E-state index contributed by atoms with van der Waals surface area (Å²) in [5.41, 5.74) is 19.5. The lowest BCUT2D eigenvalue weighted by Crippen LogP contribution is -2.71. The number of rotatable bonds is 21. The number of aliphatic imine (C=N–C) groups is 1. The average molecular weight is 1270 g/mol. The molecule has 2 saturated heterocycles. The first-order chi connectivity index (χ1) is 37.1. The van der Waals surface area contributed by atoms with Crippen LogP contribution in [0.4, 0.5) is 10.3 Å². The first-order valence-electron chi connectivity index (χ1n) is 23.3. The molecular weight excluding hydrogens is 1210 g/mol. The zero-order chi connectivity index (χ0) is 58.4. The quantitative estimate of drug-likeness (QED) is 0.0357. The third-order valence-electron chi connectivity index (χ3n) is 11.5. The van der Waals surface area contributed by atoms with Crippen LogP contribution in [0.25, 0.3) is 0 Å². The third-order valence-corrected chi connectivity index (χ3v) is 16.6. The number of aromatic nitrogens is 2. The number of carboxylic acid groups (broad SMARTS) is 4. The van der Waals surface area contributed by atoms with E-state index in [4.69, 9.17) is 37.3 Å². The number of hydrogen-bond acceptors (Lipinski definition) is 27. The summed E-state index contributed by atoms with van der Waals surface area (Å²) in [6.07, 6.45) is 3.01. The second-order valence-corrected chi connectivity index (χ2v) is 23.1. The van der Waals surface area contributed by atoms with Crippen molar-refractivity contribution in [2.45, 2.75) is 94.6 Å². The van der Waals surface area contributed by atoms with E-state index in [1.807, 2.05) is 4.90 Å². The molecule has 37 heteroatoms. The van der Waals surface area contributed by atoms with Crippen LogP contribution in [0.2, 0.25) is 0 Å². The van der Waals surface area contributed by atoms with E-state index in [0.29, 0.717) is 17.3 Å². The fraction of sp³-hybridized carbons (Fsp3) is 0.455. The van der Waals surface area contributed by atoms with Crippen molar-refractivity contribution < 1.29 is 78.0 Å². The summed E-state index contributed by atoms with van der Waals surface area (Å²) < 4.78 is 4.88. The summed E-state index contributed by atoms with van der Waals surface area (Å²) in [6.45, 7) is 8.54. The van der Waals surface area contributed by atoms with Crippen molar-refractivity contribution in [3.63, 3.8) is 0 Å². The van der Waals surface area contributed by atoms with Crippen LogP contribution in [0.15, 0.2) is 60.5 Å². The van der Waals surface area contributed by atoms with Gasteiger partial charge in [-0.2, -0.15) is 0 Å². The van der Waals surface area contributed by atoms with Crippen LogP contribution in [-0.4, -0.2) is 186 Å². The summed E-state index contributed by atoms with van der Waals surface area (Å²) in [5.74, 6) is -8.10. The van der Waals surface area contributed by atoms with E-state index >= 15 is 0 Å². The monoisotopic (exact) mass is 1270 g/mol. The highest BCUT2D eigenvalue weighted by Crippen LogP contribution is 2.42. The van der Waals surface area contributed by atoms with E-state index < -0.39 is 105 Å². The summed E-state index contributed by atoms with van der Waals surface area (Å²) >= 11 is 5.78. The molecule has 442 valence electrons. The number of aliphatic carboxylic acids is 4. The standard InChI is InChI=1S/C25H33N9O7S3.C19H21N5O9S2.2ClH/c1-4-5-6-33-14(27)7-13(26)30-24(33)44-9-11-8-42-20-16(19(36)34(20)17(11)21(37)38)31-18(35)15(12-10-43-23(28)29-12)32-41-25(2,3)22(39)40;1-7(25)32-4-8-5-34-15-11(14(27)24(15)12(8)16(28)29)22-13(26)10(9-6-35-18(20)21-9)23-33-19(2,3)17(30)31;;/h7,10,14,16,20H,4-6,8-9,26-27H2,1-3H3,(H2,28,29)(H,31,35)(H,37,38)(H,39,40);6,11,15H,4-5H2,1-3H3,(H2,20,21)(H,22,26)(H,28,29)(H,30,31);2*1H/b32-15-;23-10-;;/t14?,16?,20-;11?,15-;;/m00../s1. The molecule has 0 aliphatic carbocycles. The summed E-state index contributed by atoms with van der Waals surface area (Å²) in [5, 5.41) is 52.9. The predicted molar refractivity (Wildman–Crippen MR) is 304 cm³/mol. The van der Waals surface area contributed by atoms with Crippen LogP contribution in [-0.2, 0) is 57.6 Å². The Kier molecular flexibility index (Phi) is 22.8. The largest absolute Gasteiger partial charge is 0.478 e. The molecule has 7 rings (SSSR count). The number of amides is 4. The molecule has 3 unspecified atom stereocenters. The number of esters is 1. The minimum absolute atomic E-state index is 0. The molecule has 0 bridgehead atoms. The summed E-state index contributed by atoms with van der Waals surface area (Å²) in [4.78, 5) is 137. The maximum atomic E-state index is 13.3. The van der Waals surface area contributed by atoms with Gasteiger partial charge in [0.05, 0.1) is 0 Å². The Hall–Kier alpha value is -6.89. The lowest BCUT2D eigenvalue weighted by Gasteiger charge is -2.49. The van der Waals surface area contributed by atoms with Crippen LogP contribution in [0.3, 0.4) is 0 Å². The van der Waals surface area contributed by atoms with E-state index in [0.717, 1.165) is 45.3 Å². The number of halogens is 2. The number of carbonyl (C=O) groups is 9. The number of nitrogen functional groups attached to an aromatic ring is 2. The lowest BCUT2D eigenvalue weighted by atomic mass is 10.0. The van der Waals surface area contributed by atoms with E-state index in [2.05, 4.69) is 42.8 Å². The second-order valence-electron chi connectivity index (χ2n) is 18.2. The van der Waals surface area contributed by atoms with Gasteiger partial charge in [-0.15, -0.1) is 71.0 Å². The second kappa shape index (κ2) is 27.7. The molecule has 5 aliphatic heterocycles. The fourth-order valence-electron chi connectivity index (χ4n) is 7.24. The number of fused-ring (bicyclic) bond motifs is 2. The molecular formula is C44H56Cl2N14O16S5. The number of unbranched alkanes of at least 4 members (excludes halogenated alkanes) is 1. The lowest BCUT2D eigenvalue weighted by molar-refractivity contribution is -0.161. The Morgan fingerprint density at radius 2 is 1.21 bits per heavy atom.